The van der Waals surface area contributed by atoms with Crippen LogP contribution in [-0.2, 0) is 19.7 Å². The van der Waals surface area contributed by atoms with Crippen molar-refractivity contribution in [3.8, 4) is 11.5 Å². The number of ether oxygens (including phenoxy) is 3. The molecule has 1 aliphatic heterocycles. The summed E-state index contributed by atoms with van der Waals surface area (Å²) >= 11 is 0. The molecule has 0 aliphatic carbocycles. The first kappa shape index (κ1) is 20.2. The summed E-state index contributed by atoms with van der Waals surface area (Å²) in [7, 11) is 0. The van der Waals surface area contributed by atoms with E-state index in [1.165, 1.54) is 0 Å². The number of nitrogens with one attached hydrogen (secondary N) is 2. The molecule has 2 aromatic carbocycles. The molecular formula is C21H22N2O6. The maximum absolute atomic E-state index is 12.4. The molecule has 2 N–H and O–H groups in total. The molecule has 0 fully saturated rings. The Kier molecular flexibility index (Phi) is 6.01. The molecule has 1 aliphatic rings. The summed E-state index contributed by atoms with van der Waals surface area (Å²) in [4.78, 5) is 36.3. The van der Waals surface area contributed by atoms with Gasteiger partial charge in [0, 0.05) is 11.8 Å². The van der Waals surface area contributed by atoms with Crippen molar-refractivity contribution in [3.05, 3.63) is 54.1 Å². The van der Waals surface area contributed by atoms with Gasteiger partial charge in [-0.1, -0.05) is 30.3 Å². The largest absolute Gasteiger partial charge is 0.486 e. The number of urea groups is 1. The molecule has 8 heteroatoms. The molecule has 0 bridgehead atoms. The molecule has 2 aromatic rings. The van der Waals surface area contributed by atoms with Crippen LogP contribution in [0, 0.1) is 0 Å². The lowest BCUT2D eigenvalue weighted by molar-refractivity contribution is -0.153. The van der Waals surface area contributed by atoms with Crippen molar-refractivity contribution in [1.82, 2.24) is 5.32 Å². The quantitative estimate of drug-likeness (QED) is 0.751. The Morgan fingerprint density at radius 3 is 2.41 bits per heavy atom. The number of hydrogen-bond acceptors (Lipinski definition) is 6. The highest BCUT2D eigenvalue weighted by Gasteiger charge is 2.31. The third-order valence-electron chi connectivity index (χ3n) is 4.39. The van der Waals surface area contributed by atoms with Crippen LogP contribution in [0.3, 0.4) is 0 Å². The monoisotopic (exact) mass is 398 g/mol. The number of anilines is 1. The number of benzene rings is 2. The molecule has 0 unspecified atom stereocenters. The lowest BCUT2D eigenvalue weighted by Gasteiger charge is -2.22. The van der Waals surface area contributed by atoms with Crippen LogP contribution in [0.5, 0.6) is 11.5 Å². The summed E-state index contributed by atoms with van der Waals surface area (Å²) in [6.07, 6.45) is 0. The van der Waals surface area contributed by atoms with Gasteiger partial charge in [0.2, 0.25) is 0 Å². The summed E-state index contributed by atoms with van der Waals surface area (Å²) in [6.45, 7) is 3.73. The highest BCUT2D eigenvalue weighted by atomic mass is 16.6. The number of esters is 1. The first-order chi connectivity index (χ1) is 13.9. The van der Waals surface area contributed by atoms with Gasteiger partial charge in [0.1, 0.15) is 13.2 Å². The minimum absolute atomic E-state index is 0.422. The van der Waals surface area contributed by atoms with Gasteiger partial charge in [0.05, 0.1) is 5.41 Å². The third-order valence-corrected chi connectivity index (χ3v) is 4.39. The normalized spacial score (nSPS) is 12.6. The lowest BCUT2D eigenvalue weighted by atomic mass is 9.85. The Bertz CT molecular complexity index is 911. The first-order valence-electron chi connectivity index (χ1n) is 9.09. The van der Waals surface area contributed by atoms with Crippen molar-refractivity contribution in [2.24, 2.45) is 0 Å². The predicted molar refractivity (Wildman–Crippen MR) is 105 cm³/mol. The molecule has 0 atom stereocenters. The molecule has 0 aromatic heterocycles. The van der Waals surface area contributed by atoms with Gasteiger partial charge in [-0.25, -0.2) is 4.79 Å². The van der Waals surface area contributed by atoms with Crippen molar-refractivity contribution in [2.75, 3.05) is 25.1 Å². The van der Waals surface area contributed by atoms with E-state index in [2.05, 4.69) is 10.6 Å². The van der Waals surface area contributed by atoms with Crippen molar-refractivity contribution in [1.29, 1.82) is 0 Å². The second kappa shape index (κ2) is 8.64. The zero-order valence-corrected chi connectivity index (χ0v) is 16.2. The van der Waals surface area contributed by atoms with E-state index in [0.29, 0.717) is 30.4 Å². The van der Waals surface area contributed by atoms with Crippen LogP contribution in [0.1, 0.15) is 19.4 Å². The van der Waals surface area contributed by atoms with Gasteiger partial charge < -0.3 is 19.5 Å². The van der Waals surface area contributed by atoms with Crippen LogP contribution in [0.25, 0.3) is 0 Å². The van der Waals surface area contributed by atoms with Gasteiger partial charge in [-0.05, 0) is 31.5 Å². The van der Waals surface area contributed by atoms with Gasteiger partial charge in [-0.2, -0.15) is 0 Å². The van der Waals surface area contributed by atoms with Gasteiger partial charge in [-0.15, -0.1) is 0 Å². The van der Waals surface area contributed by atoms with Gasteiger partial charge >= 0.3 is 12.0 Å². The van der Waals surface area contributed by atoms with Crippen molar-refractivity contribution >= 4 is 23.6 Å². The highest BCUT2D eigenvalue weighted by molar-refractivity contribution is 6.02. The summed E-state index contributed by atoms with van der Waals surface area (Å²) in [5.41, 5.74) is 0.276. The average molecular weight is 398 g/mol. The van der Waals surface area contributed by atoms with E-state index in [1.807, 2.05) is 30.3 Å². The Hall–Kier alpha value is -3.55. The Balaban J connectivity index is 1.49. The molecule has 0 spiro atoms. The second-order valence-electron chi connectivity index (χ2n) is 6.93. The summed E-state index contributed by atoms with van der Waals surface area (Å²) < 4.78 is 15.9. The van der Waals surface area contributed by atoms with Crippen molar-refractivity contribution in [2.45, 2.75) is 19.3 Å². The Morgan fingerprint density at radius 1 is 1.00 bits per heavy atom. The molecule has 0 saturated carbocycles. The molecule has 1 heterocycles. The fraction of sp³-hybridized carbons (Fsp3) is 0.286. The molecule has 29 heavy (non-hydrogen) atoms. The molecule has 8 nitrogen and oxygen atoms in total. The minimum Gasteiger partial charge on any atom is -0.486 e. The Labute approximate surface area is 168 Å². The van der Waals surface area contributed by atoms with Crippen molar-refractivity contribution in [3.63, 3.8) is 0 Å². The number of hydrogen-bond donors (Lipinski definition) is 2. The molecule has 0 saturated heterocycles. The van der Waals surface area contributed by atoms with Crippen molar-refractivity contribution < 1.29 is 28.6 Å². The number of rotatable bonds is 5. The van der Waals surface area contributed by atoms with Crippen LogP contribution in [-0.4, -0.2) is 37.7 Å². The van der Waals surface area contributed by atoms with E-state index >= 15 is 0 Å². The highest BCUT2D eigenvalue weighted by Crippen LogP contribution is 2.32. The number of carbonyl (C=O) groups is 3. The van der Waals surface area contributed by atoms with E-state index in [0.717, 1.165) is 5.56 Å². The van der Waals surface area contributed by atoms with Crippen LogP contribution >= 0.6 is 0 Å². The van der Waals surface area contributed by atoms with E-state index < -0.39 is 29.9 Å². The SMILES string of the molecule is CC(C)(C(=O)OCC(=O)NC(=O)Nc1ccc2c(c1)OCCO2)c1ccccc1. The standard InChI is InChI=1S/C21H22N2O6/c1-21(2,14-6-4-3-5-7-14)19(25)29-13-18(24)23-20(26)22-15-8-9-16-17(12-15)28-11-10-27-16/h3-9,12H,10-11,13H2,1-2H3,(H2,22,23,24,26). The first-order valence-corrected chi connectivity index (χ1v) is 9.09. The average Bonchev–Trinajstić information content (AvgIpc) is 2.72. The number of imide groups is 1. The van der Waals surface area contributed by atoms with Gasteiger partial charge in [-0.3, -0.25) is 14.9 Å². The summed E-state index contributed by atoms with van der Waals surface area (Å²) in [5, 5.41) is 4.64. The van der Waals surface area contributed by atoms with Gasteiger partial charge in [0.15, 0.2) is 18.1 Å². The van der Waals surface area contributed by atoms with Crippen LogP contribution in [0.2, 0.25) is 0 Å². The minimum atomic E-state index is -0.922. The van der Waals surface area contributed by atoms with E-state index in [4.69, 9.17) is 14.2 Å². The van der Waals surface area contributed by atoms with E-state index in [-0.39, 0.29) is 0 Å². The molecule has 152 valence electrons. The third kappa shape index (κ3) is 5.04. The summed E-state index contributed by atoms with van der Waals surface area (Å²) in [5.74, 6) is -0.202. The zero-order valence-electron chi connectivity index (χ0n) is 16.2. The number of carbonyl (C=O) groups excluding carboxylic acids is 3. The summed E-state index contributed by atoms with van der Waals surface area (Å²) in [6, 6.07) is 13.2. The zero-order chi connectivity index (χ0) is 20.9. The molecule has 3 amide bonds. The van der Waals surface area contributed by atoms with E-state index in [1.54, 1.807) is 32.0 Å². The predicted octanol–water partition coefficient (Wildman–Crippen LogP) is 2.63. The smallest absolute Gasteiger partial charge is 0.325 e. The lowest BCUT2D eigenvalue weighted by Crippen LogP contribution is -2.39. The molecular weight excluding hydrogens is 376 g/mol. The fourth-order valence-electron chi connectivity index (χ4n) is 2.73. The van der Waals surface area contributed by atoms with Gasteiger partial charge in [0.25, 0.3) is 5.91 Å². The molecule has 0 radical (unpaired) electrons. The van der Waals surface area contributed by atoms with Crippen LogP contribution in [0.4, 0.5) is 10.5 Å². The number of fused-ring (bicyclic) bond motifs is 1. The van der Waals surface area contributed by atoms with Crippen LogP contribution in [0.15, 0.2) is 48.5 Å². The topological polar surface area (TPSA) is 103 Å². The Morgan fingerprint density at radius 2 is 1.69 bits per heavy atom. The van der Waals surface area contributed by atoms with E-state index in [9.17, 15) is 14.4 Å². The fourth-order valence-corrected chi connectivity index (χ4v) is 2.73. The van der Waals surface area contributed by atoms with Crippen LogP contribution < -0.4 is 20.1 Å². The molecule has 3 rings (SSSR count). The number of amides is 3. The maximum Gasteiger partial charge on any atom is 0.325 e. The second-order valence-corrected chi connectivity index (χ2v) is 6.93. The maximum atomic E-state index is 12.4.